The van der Waals surface area contributed by atoms with E-state index in [-0.39, 0.29) is 6.04 Å². The van der Waals surface area contributed by atoms with Crippen LogP contribution >= 0.6 is 0 Å². The predicted molar refractivity (Wildman–Crippen MR) is 100 cm³/mol. The van der Waals surface area contributed by atoms with E-state index in [0.29, 0.717) is 34.9 Å². The number of benzene rings is 2. The zero-order chi connectivity index (χ0) is 19.6. The largest absolute Gasteiger partial charge is 0.497 e. The number of hydrogen-bond acceptors (Lipinski definition) is 4. The van der Waals surface area contributed by atoms with Gasteiger partial charge in [0, 0.05) is 18.2 Å². The van der Waals surface area contributed by atoms with Crippen molar-refractivity contribution in [3.8, 4) is 11.5 Å². The molecule has 0 unspecified atom stereocenters. The number of aromatic nitrogens is 2. The molecule has 2 aromatic carbocycles. The van der Waals surface area contributed by atoms with E-state index in [1.807, 2.05) is 37.1 Å². The summed E-state index contributed by atoms with van der Waals surface area (Å²) in [4.78, 5) is 6.42. The van der Waals surface area contributed by atoms with Gasteiger partial charge < -0.3 is 9.47 Å². The molecule has 0 aliphatic rings. The Balaban J connectivity index is 1.91. The molecule has 0 fully saturated rings. The Labute approximate surface area is 157 Å². The summed E-state index contributed by atoms with van der Waals surface area (Å²) in [5.41, 5.74) is 1.94. The normalized spacial score (nSPS) is 12.7. The smallest absolute Gasteiger partial charge is 0.320 e. The highest BCUT2D eigenvalue weighted by Gasteiger charge is 2.24. The first-order chi connectivity index (χ1) is 13.0. The third-order valence-electron chi connectivity index (χ3n) is 4.77. The molecule has 0 N–H and O–H groups in total. The summed E-state index contributed by atoms with van der Waals surface area (Å²) in [5.74, 6) is 1.72. The Hall–Kier alpha value is -2.67. The van der Waals surface area contributed by atoms with Crippen LogP contribution in [-0.4, -0.2) is 35.7 Å². The summed E-state index contributed by atoms with van der Waals surface area (Å²) < 4.78 is 39.1. The van der Waals surface area contributed by atoms with Crippen molar-refractivity contribution < 1.29 is 18.3 Å². The number of alkyl halides is 2. The first kappa shape index (κ1) is 19.1. The maximum atomic E-state index is 13.7. The highest BCUT2D eigenvalue weighted by molar-refractivity contribution is 5.76. The van der Waals surface area contributed by atoms with E-state index in [9.17, 15) is 8.78 Å². The Morgan fingerprint density at radius 1 is 1.11 bits per heavy atom. The van der Waals surface area contributed by atoms with E-state index in [0.717, 1.165) is 10.1 Å². The minimum absolute atomic E-state index is 0.321. The van der Waals surface area contributed by atoms with E-state index < -0.39 is 6.55 Å². The number of imidazole rings is 1. The van der Waals surface area contributed by atoms with E-state index in [1.165, 1.54) is 0 Å². The molecule has 3 rings (SSSR count). The lowest BCUT2D eigenvalue weighted by molar-refractivity contribution is 0.0657. The lowest BCUT2D eigenvalue weighted by Gasteiger charge is -2.26. The Kier molecular flexibility index (Phi) is 5.60. The third-order valence-corrected chi connectivity index (χ3v) is 4.77. The quantitative estimate of drug-likeness (QED) is 0.603. The average Bonchev–Trinajstić information content (AvgIpc) is 3.07. The lowest BCUT2D eigenvalue weighted by atomic mass is 10.1. The molecule has 27 heavy (non-hydrogen) atoms. The fourth-order valence-corrected chi connectivity index (χ4v) is 3.15. The molecule has 1 heterocycles. The standard InChI is InChI=1S/C20H23F2N3O2/c1-13(19-23-16-7-5-6-8-17(16)25(19)20(21)22)24(2)12-14-9-10-15(26-3)11-18(14)27-4/h5-11,13,20H,12H2,1-4H3/t13-/m0/s1. The Bertz CT molecular complexity index is 927. The van der Waals surface area contributed by atoms with Crippen molar-refractivity contribution >= 4 is 11.0 Å². The van der Waals surface area contributed by atoms with Crippen molar-refractivity contribution in [2.75, 3.05) is 21.3 Å². The van der Waals surface area contributed by atoms with Crippen LogP contribution in [0.5, 0.6) is 11.5 Å². The van der Waals surface area contributed by atoms with Gasteiger partial charge in [0.2, 0.25) is 0 Å². The first-order valence-corrected chi connectivity index (χ1v) is 8.62. The van der Waals surface area contributed by atoms with Crippen molar-refractivity contribution in [3.63, 3.8) is 0 Å². The van der Waals surface area contributed by atoms with E-state index in [1.54, 1.807) is 38.5 Å². The van der Waals surface area contributed by atoms with Gasteiger partial charge >= 0.3 is 6.55 Å². The number of fused-ring (bicyclic) bond motifs is 1. The number of halogens is 2. The SMILES string of the molecule is COc1ccc(CN(C)[C@@H](C)c2nc3ccccc3n2C(F)F)c(OC)c1. The molecule has 0 saturated carbocycles. The van der Waals surface area contributed by atoms with Crippen molar-refractivity contribution in [1.82, 2.24) is 14.5 Å². The number of para-hydroxylation sites is 2. The maximum Gasteiger partial charge on any atom is 0.320 e. The number of rotatable bonds is 7. The van der Waals surface area contributed by atoms with Gasteiger partial charge in [0.05, 0.1) is 31.3 Å². The molecule has 0 radical (unpaired) electrons. The molecule has 3 aromatic rings. The van der Waals surface area contributed by atoms with E-state index in [4.69, 9.17) is 9.47 Å². The van der Waals surface area contributed by atoms with Crippen LogP contribution in [0, 0.1) is 0 Å². The van der Waals surface area contributed by atoms with Gasteiger partial charge in [0.1, 0.15) is 17.3 Å². The van der Waals surface area contributed by atoms with Crippen LogP contribution in [0.2, 0.25) is 0 Å². The molecular weight excluding hydrogens is 352 g/mol. The second-order valence-electron chi connectivity index (χ2n) is 6.38. The van der Waals surface area contributed by atoms with Gasteiger partial charge in [-0.1, -0.05) is 18.2 Å². The van der Waals surface area contributed by atoms with Gasteiger partial charge in [-0.15, -0.1) is 0 Å². The molecule has 0 bridgehead atoms. The summed E-state index contributed by atoms with van der Waals surface area (Å²) in [6.45, 7) is -0.268. The summed E-state index contributed by atoms with van der Waals surface area (Å²) >= 11 is 0. The molecule has 0 aliphatic heterocycles. The molecule has 7 heteroatoms. The number of ether oxygens (including phenoxy) is 2. The molecule has 0 spiro atoms. The van der Waals surface area contributed by atoms with Gasteiger partial charge in [0.15, 0.2) is 0 Å². The zero-order valence-corrected chi connectivity index (χ0v) is 15.8. The van der Waals surface area contributed by atoms with Gasteiger partial charge in [-0.2, -0.15) is 8.78 Å². The molecular formula is C20H23F2N3O2. The van der Waals surface area contributed by atoms with Crippen LogP contribution in [0.15, 0.2) is 42.5 Å². The fraction of sp³-hybridized carbons (Fsp3) is 0.350. The van der Waals surface area contributed by atoms with Crippen LogP contribution in [-0.2, 0) is 6.54 Å². The molecule has 5 nitrogen and oxygen atoms in total. The molecule has 1 atom stereocenters. The van der Waals surface area contributed by atoms with Crippen molar-refractivity contribution in [3.05, 3.63) is 53.9 Å². The van der Waals surface area contributed by atoms with Crippen LogP contribution in [0.25, 0.3) is 11.0 Å². The summed E-state index contributed by atoms with van der Waals surface area (Å²) in [6.07, 6.45) is 0. The van der Waals surface area contributed by atoms with Gasteiger partial charge in [-0.05, 0) is 32.2 Å². The molecule has 0 amide bonds. The van der Waals surface area contributed by atoms with Gasteiger partial charge in [-0.3, -0.25) is 9.47 Å². The van der Waals surface area contributed by atoms with Crippen molar-refractivity contribution in [1.29, 1.82) is 0 Å². The second kappa shape index (κ2) is 7.92. The fourth-order valence-electron chi connectivity index (χ4n) is 3.15. The number of hydrogen-bond donors (Lipinski definition) is 0. The van der Waals surface area contributed by atoms with Crippen molar-refractivity contribution in [2.24, 2.45) is 0 Å². The molecule has 1 aromatic heterocycles. The van der Waals surface area contributed by atoms with Crippen LogP contribution in [0.1, 0.15) is 30.9 Å². The molecule has 0 aliphatic carbocycles. The van der Waals surface area contributed by atoms with Crippen molar-refractivity contribution in [2.45, 2.75) is 26.1 Å². The zero-order valence-electron chi connectivity index (χ0n) is 15.8. The first-order valence-electron chi connectivity index (χ1n) is 8.62. The third kappa shape index (κ3) is 3.73. The highest BCUT2D eigenvalue weighted by atomic mass is 19.3. The molecule has 0 saturated heterocycles. The van der Waals surface area contributed by atoms with E-state index >= 15 is 0 Å². The molecule has 144 valence electrons. The number of nitrogens with zero attached hydrogens (tertiary/aromatic N) is 3. The number of methoxy groups -OCH3 is 2. The maximum absolute atomic E-state index is 13.7. The van der Waals surface area contributed by atoms with Gasteiger partial charge in [0.25, 0.3) is 0 Å². The van der Waals surface area contributed by atoms with Crippen LogP contribution in [0.3, 0.4) is 0 Å². The monoisotopic (exact) mass is 375 g/mol. The lowest BCUT2D eigenvalue weighted by Crippen LogP contribution is -2.25. The predicted octanol–water partition coefficient (Wildman–Crippen LogP) is 4.64. The Morgan fingerprint density at radius 2 is 1.85 bits per heavy atom. The topological polar surface area (TPSA) is 39.5 Å². The minimum atomic E-state index is -2.65. The van der Waals surface area contributed by atoms with Crippen LogP contribution < -0.4 is 9.47 Å². The summed E-state index contributed by atoms with van der Waals surface area (Å²) in [7, 11) is 5.07. The summed E-state index contributed by atoms with van der Waals surface area (Å²) in [6, 6.07) is 12.2. The summed E-state index contributed by atoms with van der Waals surface area (Å²) in [5, 5.41) is 0. The van der Waals surface area contributed by atoms with E-state index in [2.05, 4.69) is 4.98 Å². The average molecular weight is 375 g/mol. The highest BCUT2D eigenvalue weighted by Crippen LogP contribution is 2.31. The van der Waals surface area contributed by atoms with Crippen LogP contribution in [0.4, 0.5) is 8.78 Å². The second-order valence-corrected chi connectivity index (χ2v) is 6.38. The Morgan fingerprint density at radius 3 is 2.52 bits per heavy atom. The minimum Gasteiger partial charge on any atom is -0.497 e. The van der Waals surface area contributed by atoms with Gasteiger partial charge in [-0.25, -0.2) is 4.98 Å².